The van der Waals surface area contributed by atoms with Crippen molar-refractivity contribution in [3.8, 4) is 5.75 Å². The largest absolute Gasteiger partial charge is 0.433 e. The molecule has 100 valence electrons. The molecule has 0 aliphatic heterocycles. The maximum absolute atomic E-state index is 12.3. The maximum Gasteiger partial charge on any atom is 0.433 e. The van der Waals surface area contributed by atoms with Crippen LogP contribution < -0.4 is 10.2 Å². The predicted octanol–water partition coefficient (Wildman–Crippen LogP) is 2.64. The summed E-state index contributed by atoms with van der Waals surface area (Å²) in [7, 11) is 0. The highest BCUT2D eigenvalue weighted by atomic mass is 19.4. The number of hydrogen-bond acceptors (Lipinski definition) is 3. The number of halogens is 3. The van der Waals surface area contributed by atoms with Gasteiger partial charge in [0.05, 0.1) is 18.0 Å². The van der Waals surface area contributed by atoms with Gasteiger partial charge < -0.3 is 4.74 Å². The summed E-state index contributed by atoms with van der Waals surface area (Å²) in [6.07, 6.45) is -4.21. The smallest absolute Gasteiger partial charge is 0.409 e. The van der Waals surface area contributed by atoms with E-state index >= 15 is 0 Å². The van der Waals surface area contributed by atoms with Crippen molar-refractivity contribution in [3.63, 3.8) is 0 Å². The zero-order valence-corrected chi connectivity index (χ0v) is 9.39. The fourth-order valence-electron chi connectivity index (χ4n) is 1.24. The standard InChI is InChI=1S/C11H8F3N3O2/c12-11(13,14)8-6-15-17(7-8)16-10(18)19-9-4-2-1-3-5-9/h1-7H,(H,16,18). The van der Waals surface area contributed by atoms with E-state index < -0.39 is 17.8 Å². The zero-order chi connectivity index (χ0) is 13.9. The molecule has 0 saturated heterocycles. The molecule has 0 unspecified atom stereocenters. The molecular weight excluding hydrogens is 263 g/mol. The van der Waals surface area contributed by atoms with Crippen molar-refractivity contribution in [2.45, 2.75) is 6.18 Å². The Hall–Kier alpha value is -2.51. The van der Waals surface area contributed by atoms with Gasteiger partial charge in [-0.2, -0.15) is 23.1 Å². The maximum atomic E-state index is 12.3. The quantitative estimate of drug-likeness (QED) is 0.913. The monoisotopic (exact) mass is 271 g/mol. The molecular formula is C11H8F3N3O2. The molecule has 8 heteroatoms. The van der Waals surface area contributed by atoms with Crippen molar-refractivity contribution in [1.82, 2.24) is 9.89 Å². The second-order valence-electron chi connectivity index (χ2n) is 3.49. The number of amides is 1. The van der Waals surface area contributed by atoms with Crippen molar-refractivity contribution in [1.29, 1.82) is 0 Å². The minimum absolute atomic E-state index is 0.267. The van der Waals surface area contributed by atoms with Crippen LogP contribution >= 0.6 is 0 Å². The molecule has 0 saturated carbocycles. The second kappa shape index (κ2) is 5.01. The van der Waals surface area contributed by atoms with Gasteiger partial charge in [-0.3, -0.25) is 0 Å². The number of benzene rings is 1. The number of para-hydroxylation sites is 1. The highest BCUT2D eigenvalue weighted by Gasteiger charge is 2.32. The Kier molecular flexibility index (Phi) is 3.41. The van der Waals surface area contributed by atoms with Gasteiger partial charge in [0.25, 0.3) is 0 Å². The Morgan fingerprint density at radius 3 is 2.53 bits per heavy atom. The van der Waals surface area contributed by atoms with E-state index in [9.17, 15) is 18.0 Å². The summed E-state index contributed by atoms with van der Waals surface area (Å²) in [5, 5.41) is 3.35. The normalized spacial score (nSPS) is 11.1. The van der Waals surface area contributed by atoms with Crippen LogP contribution in [0.1, 0.15) is 5.56 Å². The number of ether oxygens (including phenoxy) is 1. The number of carbonyl (C=O) groups is 1. The van der Waals surface area contributed by atoms with Crippen molar-refractivity contribution >= 4 is 6.09 Å². The first-order chi connectivity index (χ1) is 8.95. The molecule has 1 aromatic heterocycles. The summed E-state index contributed by atoms with van der Waals surface area (Å²) in [6.45, 7) is 0. The van der Waals surface area contributed by atoms with Crippen LogP contribution in [-0.4, -0.2) is 16.0 Å². The van der Waals surface area contributed by atoms with Gasteiger partial charge in [0.15, 0.2) is 0 Å². The van der Waals surface area contributed by atoms with E-state index in [2.05, 4.69) is 5.10 Å². The second-order valence-corrected chi connectivity index (χ2v) is 3.49. The predicted molar refractivity (Wildman–Crippen MR) is 59.1 cm³/mol. The van der Waals surface area contributed by atoms with Gasteiger partial charge in [-0.1, -0.05) is 18.2 Å². The highest BCUT2D eigenvalue weighted by Crippen LogP contribution is 2.28. The lowest BCUT2D eigenvalue weighted by Crippen LogP contribution is -2.26. The van der Waals surface area contributed by atoms with E-state index in [1.54, 1.807) is 18.2 Å². The highest BCUT2D eigenvalue weighted by molar-refractivity contribution is 5.78. The first-order valence-electron chi connectivity index (χ1n) is 5.11. The average Bonchev–Trinajstić information content (AvgIpc) is 2.78. The van der Waals surface area contributed by atoms with Gasteiger partial charge in [0, 0.05) is 0 Å². The minimum atomic E-state index is -4.51. The first-order valence-corrected chi connectivity index (χ1v) is 5.11. The number of nitrogens with zero attached hydrogens (tertiary/aromatic N) is 2. The molecule has 0 radical (unpaired) electrons. The lowest BCUT2D eigenvalue weighted by molar-refractivity contribution is -0.137. The SMILES string of the molecule is O=C(Nn1cc(C(F)(F)F)cn1)Oc1ccccc1. The van der Waals surface area contributed by atoms with E-state index in [1.807, 2.05) is 5.43 Å². The van der Waals surface area contributed by atoms with Crippen LogP contribution in [0.4, 0.5) is 18.0 Å². The number of aromatic nitrogens is 2. The summed E-state index contributed by atoms with van der Waals surface area (Å²) in [6, 6.07) is 8.10. The molecule has 0 spiro atoms. The molecule has 1 N–H and O–H groups in total. The van der Waals surface area contributed by atoms with Gasteiger partial charge in [0.1, 0.15) is 5.75 Å². The van der Waals surface area contributed by atoms with E-state index in [0.717, 1.165) is 0 Å². The molecule has 1 heterocycles. The molecule has 0 aliphatic carbocycles. The third-order valence-corrected chi connectivity index (χ3v) is 2.07. The molecule has 1 amide bonds. The van der Waals surface area contributed by atoms with Crippen molar-refractivity contribution in [2.24, 2.45) is 0 Å². The van der Waals surface area contributed by atoms with Gasteiger partial charge in [0.2, 0.25) is 0 Å². The summed E-state index contributed by atoms with van der Waals surface area (Å²) in [5.74, 6) is 0.267. The number of hydrogen-bond donors (Lipinski definition) is 1. The molecule has 0 aliphatic rings. The third kappa shape index (κ3) is 3.47. The molecule has 1 aromatic carbocycles. The molecule has 5 nitrogen and oxygen atoms in total. The topological polar surface area (TPSA) is 56.2 Å². The van der Waals surface area contributed by atoms with Gasteiger partial charge in [-0.25, -0.2) is 10.2 Å². The molecule has 19 heavy (non-hydrogen) atoms. The van der Waals surface area contributed by atoms with E-state index in [-0.39, 0.29) is 5.75 Å². The molecule has 2 aromatic rings. The Balaban J connectivity index is 1.98. The average molecular weight is 271 g/mol. The number of alkyl halides is 3. The van der Waals surface area contributed by atoms with Crippen molar-refractivity contribution < 1.29 is 22.7 Å². The van der Waals surface area contributed by atoms with Gasteiger partial charge in [-0.05, 0) is 12.1 Å². The Morgan fingerprint density at radius 2 is 1.95 bits per heavy atom. The number of carbonyl (C=O) groups excluding carboxylic acids is 1. The van der Waals surface area contributed by atoms with Crippen LogP contribution in [0.15, 0.2) is 42.7 Å². The molecule has 0 atom stereocenters. The first kappa shape index (κ1) is 12.9. The van der Waals surface area contributed by atoms with Crippen LogP contribution in [0, 0.1) is 0 Å². The van der Waals surface area contributed by atoms with Crippen molar-refractivity contribution in [3.05, 3.63) is 48.3 Å². The fraction of sp³-hybridized carbons (Fsp3) is 0.0909. The summed E-state index contributed by atoms with van der Waals surface area (Å²) in [4.78, 5) is 12.0. The van der Waals surface area contributed by atoms with Crippen LogP contribution in [0.25, 0.3) is 0 Å². The van der Waals surface area contributed by atoms with Gasteiger partial charge >= 0.3 is 12.3 Å². The minimum Gasteiger partial charge on any atom is -0.409 e. The number of rotatable bonds is 2. The summed E-state index contributed by atoms with van der Waals surface area (Å²) >= 11 is 0. The summed E-state index contributed by atoms with van der Waals surface area (Å²) in [5.41, 5.74) is 1.06. The fourth-order valence-corrected chi connectivity index (χ4v) is 1.24. The molecule has 2 rings (SSSR count). The Bertz CT molecular complexity index is 566. The van der Waals surface area contributed by atoms with Crippen molar-refractivity contribution in [2.75, 3.05) is 5.43 Å². The molecule has 0 fully saturated rings. The van der Waals surface area contributed by atoms with Crippen LogP contribution in [-0.2, 0) is 6.18 Å². The van der Waals surface area contributed by atoms with E-state index in [0.29, 0.717) is 17.2 Å². The van der Waals surface area contributed by atoms with E-state index in [1.165, 1.54) is 12.1 Å². The Labute approximate surface area is 105 Å². The van der Waals surface area contributed by atoms with Gasteiger partial charge in [-0.15, -0.1) is 0 Å². The van der Waals surface area contributed by atoms with Crippen LogP contribution in [0.3, 0.4) is 0 Å². The Morgan fingerprint density at radius 1 is 1.26 bits per heavy atom. The number of nitrogens with one attached hydrogen (secondary N) is 1. The zero-order valence-electron chi connectivity index (χ0n) is 9.39. The van der Waals surface area contributed by atoms with E-state index in [4.69, 9.17) is 4.74 Å². The van der Waals surface area contributed by atoms with Crippen LogP contribution in [0.5, 0.6) is 5.75 Å². The lowest BCUT2D eigenvalue weighted by Gasteiger charge is -2.06. The molecule has 0 bridgehead atoms. The summed E-state index contributed by atoms with van der Waals surface area (Å²) < 4.78 is 41.7. The third-order valence-electron chi connectivity index (χ3n) is 2.07. The lowest BCUT2D eigenvalue weighted by atomic mass is 10.3. The van der Waals surface area contributed by atoms with Crippen LogP contribution in [0.2, 0.25) is 0 Å².